The highest BCUT2D eigenvalue weighted by Gasteiger charge is 2.27. The van der Waals surface area contributed by atoms with E-state index in [0.717, 1.165) is 16.9 Å². The van der Waals surface area contributed by atoms with Crippen LogP contribution in [0.25, 0.3) is 0 Å². The van der Waals surface area contributed by atoms with Gasteiger partial charge in [-0.3, -0.25) is 4.79 Å². The van der Waals surface area contributed by atoms with Gasteiger partial charge in [0.2, 0.25) is 5.91 Å². The van der Waals surface area contributed by atoms with E-state index < -0.39 is 15.1 Å². The first-order valence-electron chi connectivity index (χ1n) is 7.68. The Balaban J connectivity index is 2.56. The predicted octanol–water partition coefficient (Wildman–Crippen LogP) is 2.35. The lowest BCUT2D eigenvalue weighted by molar-refractivity contribution is -0.132. The summed E-state index contributed by atoms with van der Waals surface area (Å²) >= 11 is 0. The molecule has 0 aromatic heterocycles. The predicted molar refractivity (Wildman–Crippen MR) is 92.6 cm³/mol. The number of amides is 1. The molecule has 1 rings (SSSR count). The van der Waals surface area contributed by atoms with Gasteiger partial charge in [-0.25, -0.2) is 8.42 Å². The number of rotatable bonds is 7. The molecule has 130 valence electrons. The van der Waals surface area contributed by atoms with E-state index in [2.05, 4.69) is 0 Å². The Morgan fingerprint density at radius 3 is 2.39 bits per heavy atom. The zero-order valence-electron chi connectivity index (χ0n) is 14.8. The minimum atomic E-state index is -3.18. The molecule has 2 atom stereocenters. The van der Waals surface area contributed by atoms with E-state index >= 15 is 0 Å². The Hall–Kier alpha value is -1.56. The van der Waals surface area contributed by atoms with E-state index in [1.54, 1.807) is 20.9 Å². The summed E-state index contributed by atoms with van der Waals surface area (Å²) in [5, 5.41) is -0.600. The average Bonchev–Trinajstić information content (AvgIpc) is 2.46. The van der Waals surface area contributed by atoms with Crippen molar-refractivity contribution in [1.29, 1.82) is 0 Å². The zero-order chi connectivity index (χ0) is 17.8. The van der Waals surface area contributed by atoms with Gasteiger partial charge in [0, 0.05) is 19.3 Å². The molecule has 0 saturated carbocycles. The number of ether oxygens (including phenoxy) is 1. The van der Waals surface area contributed by atoms with Crippen molar-refractivity contribution in [2.24, 2.45) is 0 Å². The lowest BCUT2D eigenvalue weighted by Crippen LogP contribution is -2.44. The van der Waals surface area contributed by atoms with Crippen LogP contribution in [0.2, 0.25) is 0 Å². The quantitative estimate of drug-likeness (QED) is 0.764. The van der Waals surface area contributed by atoms with Crippen molar-refractivity contribution in [3.63, 3.8) is 0 Å². The molecular weight excluding hydrogens is 314 g/mol. The van der Waals surface area contributed by atoms with Crippen LogP contribution < -0.4 is 4.74 Å². The third kappa shape index (κ3) is 5.53. The Morgan fingerprint density at radius 1 is 1.26 bits per heavy atom. The molecule has 6 heteroatoms. The van der Waals surface area contributed by atoms with Gasteiger partial charge >= 0.3 is 0 Å². The highest BCUT2D eigenvalue weighted by atomic mass is 32.2. The van der Waals surface area contributed by atoms with E-state index in [4.69, 9.17) is 4.74 Å². The van der Waals surface area contributed by atoms with Crippen LogP contribution in [0.15, 0.2) is 18.2 Å². The molecule has 0 heterocycles. The molecule has 0 N–H and O–H groups in total. The van der Waals surface area contributed by atoms with E-state index in [9.17, 15) is 13.2 Å². The van der Waals surface area contributed by atoms with Gasteiger partial charge in [0.1, 0.15) is 5.75 Å². The van der Waals surface area contributed by atoms with Gasteiger partial charge in [-0.15, -0.1) is 0 Å². The number of hydrogen-bond donors (Lipinski definition) is 0. The Morgan fingerprint density at radius 2 is 1.87 bits per heavy atom. The summed E-state index contributed by atoms with van der Waals surface area (Å²) < 4.78 is 28.9. The summed E-state index contributed by atoms with van der Waals surface area (Å²) in [7, 11) is -1.55. The Bertz CT molecular complexity index is 655. The van der Waals surface area contributed by atoms with E-state index in [1.807, 2.05) is 32.0 Å². The average molecular weight is 341 g/mol. The fourth-order valence-corrected chi connectivity index (χ4v) is 3.18. The van der Waals surface area contributed by atoms with Gasteiger partial charge in [-0.2, -0.15) is 0 Å². The van der Waals surface area contributed by atoms with Gasteiger partial charge in [0.15, 0.2) is 9.84 Å². The highest BCUT2D eigenvalue weighted by molar-refractivity contribution is 7.91. The Labute approximate surface area is 139 Å². The van der Waals surface area contributed by atoms with Gasteiger partial charge in [-0.05, 0) is 39.3 Å². The molecule has 0 spiro atoms. The van der Waals surface area contributed by atoms with Crippen molar-refractivity contribution < 1.29 is 17.9 Å². The Kier molecular flexibility index (Phi) is 6.62. The third-order valence-corrected chi connectivity index (χ3v) is 6.01. The smallest absolute Gasteiger partial charge is 0.226 e. The number of sulfone groups is 1. The summed E-state index contributed by atoms with van der Waals surface area (Å²) in [6.07, 6.45) is 1.40. The topological polar surface area (TPSA) is 63.7 Å². The van der Waals surface area contributed by atoms with Crippen molar-refractivity contribution in [3.8, 4) is 5.75 Å². The van der Waals surface area contributed by atoms with Crippen LogP contribution in [0.1, 0.15) is 31.4 Å². The lowest BCUT2D eigenvalue weighted by atomic mass is 10.1. The van der Waals surface area contributed by atoms with Crippen LogP contribution in [0, 0.1) is 13.8 Å². The number of aryl methyl sites for hydroxylation is 2. The van der Waals surface area contributed by atoms with Crippen molar-refractivity contribution in [2.45, 2.75) is 45.4 Å². The molecule has 0 aliphatic heterocycles. The summed E-state index contributed by atoms with van der Waals surface area (Å²) in [6, 6.07) is 5.51. The molecule has 5 nitrogen and oxygen atoms in total. The van der Waals surface area contributed by atoms with Crippen molar-refractivity contribution in [3.05, 3.63) is 29.3 Å². The maximum Gasteiger partial charge on any atom is 0.226 e. The molecule has 1 aromatic rings. The van der Waals surface area contributed by atoms with Crippen molar-refractivity contribution in [1.82, 2.24) is 4.90 Å². The molecule has 0 saturated heterocycles. The molecule has 23 heavy (non-hydrogen) atoms. The molecule has 0 radical (unpaired) electrons. The monoisotopic (exact) mass is 341 g/mol. The first-order valence-corrected chi connectivity index (χ1v) is 9.64. The van der Waals surface area contributed by atoms with Crippen molar-refractivity contribution >= 4 is 15.7 Å². The number of nitrogens with zero attached hydrogens (tertiary/aromatic N) is 1. The molecular formula is C17H27NO4S. The zero-order valence-corrected chi connectivity index (χ0v) is 15.6. The lowest BCUT2D eigenvalue weighted by Gasteiger charge is -2.29. The third-order valence-electron chi connectivity index (χ3n) is 4.26. The van der Waals surface area contributed by atoms with Gasteiger partial charge in [0.05, 0.1) is 18.3 Å². The molecule has 1 amide bonds. The van der Waals surface area contributed by atoms with E-state index in [0.29, 0.717) is 0 Å². The summed E-state index contributed by atoms with van der Waals surface area (Å²) in [4.78, 5) is 13.7. The largest absolute Gasteiger partial charge is 0.493 e. The first-order chi connectivity index (χ1) is 10.5. The highest BCUT2D eigenvalue weighted by Crippen LogP contribution is 2.19. The van der Waals surface area contributed by atoms with Crippen LogP contribution in [0.3, 0.4) is 0 Å². The molecule has 0 aliphatic rings. The minimum Gasteiger partial charge on any atom is -0.493 e. The maximum atomic E-state index is 12.2. The van der Waals surface area contributed by atoms with E-state index in [-0.39, 0.29) is 25.0 Å². The normalized spacial score (nSPS) is 14.2. The second-order valence-electron chi connectivity index (χ2n) is 6.15. The first kappa shape index (κ1) is 19.5. The second-order valence-corrected chi connectivity index (χ2v) is 8.55. The van der Waals surface area contributed by atoms with Crippen LogP contribution >= 0.6 is 0 Å². The summed E-state index contributed by atoms with van der Waals surface area (Å²) in [6.45, 7) is 7.61. The molecule has 2 unspecified atom stereocenters. The molecule has 1 aromatic carbocycles. The maximum absolute atomic E-state index is 12.2. The van der Waals surface area contributed by atoms with Crippen LogP contribution in [-0.4, -0.2) is 50.4 Å². The van der Waals surface area contributed by atoms with Crippen LogP contribution in [-0.2, 0) is 14.6 Å². The van der Waals surface area contributed by atoms with Gasteiger partial charge in [-0.1, -0.05) is 17.7 Å². The summed E-state index contributed by atoms with van der Waals surface area (Å²) in [5.41, 5.74) is 2.19. The fraction of sp³-hybridized carbons (Fsp3) is 0.588. The van der Waals surface area contributed by atoms with Crippen LogP contribution in [0.5, 0.6) is 5.75 Å². The fourth-order valence-electron chi connectivity index (χ4n) is 2.29. The van der Waals surface area contributed by atoms with Crippen molar-refractivity contribution in [2.75, 3.05) is 19.9 Å². The van der Waals surface area contributed by atoms with Gasteiger partial charge in [0.25, 0.3) is 0 Å². The summed E-state index contributed by atoms with van der Waals surface area (Å²) in [5.74, 6) is 0.640. The SMILES string of the molecule is Cc1ccc(OCCC(=O)N(C)C(C)C(C)S(C)(=O)=O)c(C)c1. The van der Waals surface area contributed by atoms with Crippen LogP contribution in [0.4, 0.5) is 0 Å². The minimum absolute atomic E-state index is 0.127. The van der Waals surface area contributed by atoms with Gasteiger partial charge < -0.3 is 9.64 Å². The number of hydrogen-bond acceptors (Lipinski definition) is 4. The second kappa shape index (κ2) is 7.81. The number of carbonyl (C=O) groups is 1. The van der Waals surface area contributed by atoms with E-state index in [1.165, 1.54) is 11.2 Å². The number of carbonyl (C=O) groups excluding carboxylic acids is 1. The molecule has 0 bridgehead atoms. The molecule has 0 aliphatic carbocycles. The molecule has 0 fully saturated rings. The standard InChI is InChI=1S/C17H27NO4S/c1-12-7-8-16(13(2)11-12)22-10-9-17(19)18(5)14(3)15(4)23(6,20)21/h7-8,11,14-15H,9-10H2,1-6H3. The number of benzene rings is 1.